The summed E-state index contributed by atoms with van der Waals surface area (Å²) in [6.07, 6.45) is 1.79. The number of aryl methyl sites for hydroxylation is 1. The SMILES string of the molecule is CCc1nn(C(C)C)c(O)c1CC(C)C. The van der Waals surface area contributed by atoms with Crippen molar-refractivity contribution in [3.05, 3.63) is 11.3 Å². The van der Waals surface area contributed by atoms with Crippen LogP contribution in [0.5, 0.6) is 5.88 Å². The fourth-order valence-corrected chi connectivity index (χ4v) is 1.77. The van der Waals surface area contributed by atoms with Crippen molar-refractivity contribution in [1.82, 2.24) is 9.78 Å². The Morgan fingerprint density at radius 2 is 1.87 bits per heavy atom. The molecule has 86 valence electrons. The van der Waals surface area contributed by atoms with E-state index in [0.717, 1.165) is 24.1 Å². The van der Waals surface area contributed by atoms with Crippen LogP contribution in [0.3, 0.4) is 0 Å². The third-order valence-electron chi connectivity index (χ3n) is 2.50. The van der Waals surface area contributed by atoms with Gasteiger partial charge in [-0.05, 0) is 32.6 Å². The van der Waals surface area contributed by atoms with Gasteiger partial charge in [-0.1, -0.05) is 20.8 Å². The largest absolute Gasteiger partial charge is 0.493 e. The lowest BCUT2D eigenvalue weighted by atomic mass is 10.0. The van der Waals surface area contributed by atoms with E-state index >= 15 is 0 Å². The summed E-state index contributed by atoms with van der Waals surface area (Å²) in [5.74, 6) is 0.904. The summed E-state index contributed by atoms with van der Waals surface area (Å²) in [6, 6.07) is 0.219. The third-order valence-corrected chi connectivity index (χ3v) is 2.50. The van der Waals surface area contributed by atoms with Crippen molar-refractivity contribution in [3.8, 4) is 5.88 Å². The summed E-state index contributed by atoms with van der Waals surface area (Å²) in [7, 11) is 0. The van der Waals surface area contributed by atoms with Crippen molar-refractivity contribution in [2.24, 2.45) is 5.92 Å². The van der Waals surface area contributed by atoms with Gasteiger partial charge in [0.25, 0.3) is 0 Å². The molecule has 0 aliphatic carbocycles. The van der Waals surface area contributed by atoms with E-state index in [9.17, 15) is 5.11 Å². The van der Waals surface area contributed by atoms with Gasteiger partial charge in [0.2, 0.25) is 5.88 Å². The topological polar surface area (TPSA) is 38.0 Å². The summed E-state index contributed by atoms with van der Waals surface area (Å²) < 4.78 is 1.72. The van der Waals surface area contributed by atoms with Crippen molar-refractivity contribution in [2.75, 3.05) is 0 Å². The maximum Gasteiger partial charge on any atom is 0.213 e. The molecule has 0 bridgehead atoms. The van der Waals surface area contributed by atoms with Crippen molar-refractivity contribution in [2.45, 2.75) is 53.5 Å². The van der Waals surface area contributed by atoms with Crippen LogP contribution in [0.1, 0.15) is 51.9 Å². The van der Waals surface area contributed by atoms with E-state index in [1.54, 1.807) is 4.68 Å². The number of aromatic nitrogens is 2. The van der Waals surface area contributed by atoms with Gasteiger partial charge in [-0.3, -0.25) is 0 Å². The molecule has 0 aliphatic rings. The first-order valence-electron chi connectivity index (χ1n) is 5.76. The molecule has 0 atom stereocenters. The standard InChI is InChI=1S/C12H22N2O/c1-6-11-10(7-8(2)3)12(15)14(13-11)9(4)5/h8-9,15H,6-7H2,1-5H3. The van der Waals surface area contributed by atoms with Gasteiger partial charge in [0.05, 0.1) is 11.7 Å². The zero-order chi connectivity index (χ0) is 11.6. The Morgan fingerprint density at radius 3 is 2.27 bits per heavy atom. The van der Waals surface area contributed by atoms with Crippen LogP contribution in [0.2, 0.25) is 0 Å². The number of nitrogens with zero attached hydrogens (tertiary/aromatic N) is 2. The Balaban J connectivity index is 3.11. The molecule has 1 heterocycles. The van der Waals surface area contributed by atoms with Gasteiger partial charge in [0, 0.05) is 5.56 Å². The van der Waals surface area contributed by atoms with Crippen molar-refractivity contribution in [1.29, 1.82) is 0 Å². The zero-order valence-electron chi connectivity index (χ0n) is 10.4. The molecule has 0 spiro atoms. The van der Waals surface area contributed by atoms with Crippen molar-refractivity contribution in [3.63, 3.8) is 0 Å². The molecule has 3 nitrogen and oxygen atoms in total. The summed E-state index contributed by atoms with van der Waals surface area (Å²) in [4.78, 5) is 0. The van der Waals surface area contributed by atoms with Crippen LogP contribution in [0.25, 0.3) is 0 Å². The molecule has 3 heteroatoms. The highest BCUT2D eigenvalue weighted by atomic mass is 16.3. The number of hydrogen-bond donors (Lipinski definition) is 1. The van der Waals surface area contributed by atoms with Crippen LogP contribution in [0.15, 0.2) is 0 Å². The monoisotopic (exact) mass is 210 g/mol. The lowest BCUT2D eigenvalue weighted by molar-refractivity contribution is 0.371. The zero-order valence-corrected chi connectivity index (χ0v) is 10.4. The molecule has 1 N–H and O–H groups in total. The highest BCUT2D eigenvalue weighted by molar-refractivity contribution is 5.31. The van der Waals surface area contributed by atoms with E-state index in [-0.39, 0.29) is 6.04 Å². The molecule has 0 amide bonds. The van der Waals surface area contributed by atoms with E-state index in [1.807, 2.05) is 13.8 Å². The molecule has 1 aromatic heterocycles. The number of aromatic hydroxyl groups is 1. The predicted molar refractivity (Wildman–Crippen MR) is 62.2 cm³/mol. The Morgan fingerprint density at radius 1 is 1.27 bits per heavy atom. The highest BCUT2D eigenvalue weighted by Gasteiger charge is 2.18. The maximum atomic E-state index is 10.1. The second-order valence-electron chi connectivity index (χ2n) is 4.74. The van der Waals surface area contributed by atoms with Gasteiger partial charge in [0.1, 0.15) is 0 Å². The van der Waals surface area contributed by atoms with Crippen molar-refractivity contribution >= 4 is 0 Å². The normalized spacial score (nSPS) is 11.7. The molecule has 1 aromatic rings. The number of hydrogen-bond acceptors (Lipinski definition) is 2. The summed E-state index contributed by atoms with van der Waals surface area (Å²) in [5, 5.41) is 14.5. The average molecular weight is 210 g/mol. The first-order valence-corrected chi connectivity index (χ1v) is 5.76. The minimum Gasteiger partial charge on any atom is -0.493 e. The Hall–Kier alpha value is -0.990. The van der Waals surface area contributed by atoms with E-state index in [1.165, 1.54) is 0 Å². The fraction of sp³-hybridized carbons (Fsp3) is 0.750. The van der Waals surface area contributed by atoms with Gasteiger partial charge >= 0.3 is 0 Å². The first-order chi connectivity index (χ1) is 6.97. The maximum absolute atomic E-state index is 10.1. The van der Waals surface area contributed by atoms with Gasteiger partial charge in [-0.15, -0.1) is 0 Å². The van der Waals surface area contributed by atoms with Gasteiger partial charge in [-0.25, -0.2) is 4.68 Å². The van der Waals surface area contributed by atoms with Crippen LogP contribution in [-0.2, 0) is 12.8 Å². The Kier molecular flexibility index (Phi) is 3.77. The molecule has 0 fully saturated rings. The molecule has 0 unspecified atom stereocenters. The molecule has 1 rings (SSSR count). The van der Waals surface area contributed by atoms with E-state index in [0.29, 0.717) is 11.8 Å². The third kappa shape index (κ3) is 2.52. The summed E-state index contributed by atoms with van der Waals surface area (Å²) in [6.45, 7) is 10.5. The molecule has 0 aliphatic heterocycles. The molecule has 0 radical (unpaired) electrons. The Labute approximate surface area is 92.1 Å². The highest BCUT2D eigenvalue weighted by Crippen LogP contribution is 2.27. The Bertz CT molecular complexity index is 327. The molecule has 0 saturated carbocycles. The van der Waals surface area contributed by atoms with Crippen LogP contribution in [0.4, 0.5) is 0 Å². The average Bonchev–Trinajstić information content (AvgIpc) is 2.43. The minimum atomic E-state index is 0.219. The summed E-state index contributed by atoms with van der Waals surface area (Å²) >= 11 is 0. The van der Waals surface area contributed by atoms with E-state index in [4.69, 9.17) is 0 Å². The number of rotatable bonds is 4. The van der Waals surface area contributed by atoms with Crippen LogP contribution < -0.4 is 0 Å². The summed E-state index contributed by atoms with van der Waals surface area (Å²) in [5.41, 5.74) is 2.07. The quantitative estimate of drug-likeness (QED) is 0.829. The van der Waals surface area contributed by atoms with Crippen LogP contribution in [0, 0.1) is 5.92 Å². The second kappa shape index (κ2) is 4.69. The first kappa shape index (κ1) is 12.1. The van der Waals surface area contributed by atoms with Crippen LogP contribution >= 0.6 is 0 Å². The smallest absolute Gasteiger partial charge is 0.213 e. The minimum absolute atomic E-state index is 0.219. The second-order valence-corrected chi connectivity index (χ2v) is 4.74. The van der Waals surface area contributed by atoms with E-state index < -0.39 is 0 Å². The molecule has 0 saturated heterocycles. The molecule has 0 aromatic carbocycles. The molecule has 15 heavy (non-hydrogen) atoms. The van der Waals surface area contributed by atoms with Gasteiger partial charge in [-0.2, -0.15) is 5.10 Å². The van der Waals surface area contributed by atoms with Crippen LogP contribution in [-0.4, -0.2) is 14.9 Å². The predicted octanol–water partition coefficient (Wildman–Crippen LogP) is 2.93. The van der Waals surface area contributed by atoms with Crippen molar-refractivity contribution < 1.29 is 5.11 Å². The van der Waals surface area contributed by atoms with E-state index in [2.05, 4.69) is 25.9 Å². The van der Waals surface area contributed by atoms with Gasteiger partial charge < -0.3 is 5.11 Å². The molecular formula is C12H22N2O. The fourth-order valence-electron chi connectivity index (χ4n) is 1.77. The lowest BCUT2D eigenvalue weighted by Crippen LogP contribution is -2.02. The lowest BCUT2D eigenvalue weighted by Gasteiger charge is -2.07. The molecular weight excluding hydrogens is 188 g/mol. The van der Waals surface area contributed by atoms with Gasteiger partial charge in [0.15, 0.2) is 0 Å².